The van der Waals surface area contributed by atoms with Crippen molar-refractivity contribution in [1.82, 2.24) is 5.32 Å². The van der Waals surface area contributed by atoms with Crippen molar-refractivity contribution < 1.29 is 4.74 Å². The van der Waals surface area contributed by atoms with E-state index in [4.69, 9.17) is 4.74 Å². The summed E-state index contributed by atoms with van der Waals surface area (Å²) in [5, 5.41) is 3.59. The highest BCUT2D eigenvalue weighted by Crippen LogP contribution is 2.23. The second kappa shape index (κ2) is 8.43. The average molecular weight is 275 g/mol. The van der Waals surface area contributed by atoms with Crippen molar-refractivity contribution in [2.24, 2.45) is 5.92 Å². The lowest BCUT2D eigenvalue weighted by molar-refractivity contribution is 0.0892. The maximum Gasteiger partial charge on any atom is 0.0579 e. The molecule has 1 N–H and O–H groups in total. The van der Waals surface area contributed by atoms with Crippen molar-refractivity contribution in [1.29, 1.82) is 0 Å². The van der Waals surface area contributed by atoms with Crippen LogP contribution in [0.15, 0.2) is 24.3 Å². The molecule has 1 aliphatic heterocycles. The van der Waals surface area contributed by atoms with Crippen LogP contribution in [0.25, 0.3) is 0 Å². The van der Waals surface area contributed by atoms with Crippen LogP contribution in [0.2, 0.25) is 0 Å². The minimum Gasteiger partial charge on any atom is -0.378 e. The van der Waals surface area contributed by atoms with Crippen molar-refractivity contribution in [2.75, 3.05) is 19.7 Å². The topological polar surface area (TPSA) is 21.3 Å². The molecule has 1 aliphatic rings. The van der Waals surface area contributed by atoms with Crippen molar-refractivity contribution >= 4 is 0 Å². The van der Waals surface area contributed by atoms with Gasteiger partial charge in [-0.1, -0.05) is 31.2 Å². The molecule has 2 atom stereocenters. The molecule has 2 unspecified atom stereocenters. The van der Waals surface area contributed by atoms with Crippen molar-refractivity contribution in [3.05, 3.63) is 35.4 Å². The van der Waals surface area contributed by atoms with Gasteiger partial charge >= 0.3 is 0 Å². The predicted octanol–water partition coefficient (Wildman–Crippen LogP) is 3.72. The van der Waals surface area contributed by atoms with Gasteiger partial charge < -0.3 is 10.1 Å². The molecule has 112 valence electrons. The number of benzene rings is 1. The molecule has 0 radical (unpaired) electrons. The number of hydrogen-bond acceptors (Lipinski definition) is 2. The maximum atomic E-state index is 5.83. The number of nitrogens with one attached hydrogen (secondary N) is 1. The molecule has 0 aliphatic carbocycles. The number of rotatable bonds is 8. The zero-order valence-corrected chi connectivity index (χ0v) is 13.0. The van der Waals surface area contributed by atoms with Gasteiger partial charge in [0.25, 0.3) is 0 Å². The monoisotopic (exact) mass is 275 g/mol. The molecular weight excluding hydrogens is 246 g/mol. The molecule has 2 heteroatoms. The lowest BCUT2D eigenvalue weighted by Gasteiger charge is -2.22. The van der Waals surface area contributed by atoms with E-state index in [1.54, 1.807) is 0 Å². The lowest BCUT2D eigenvalue weighted by atomic mass is 9.91. The first kappa shape index (κ1) is 15.5. The van der Waals surface area contributed by atoms with E-state index in [1.807, 2.05) is 0 Å². The first-order valence-corrected chi connectivity index (χ1v) is 8.16. The minimum absolute atomic E-state index is 0.493. The summed E-state index contributed by atoms with van der Waals surface area (Å²) in [4.78, 5) is 0. The molecule has 0 amide bonds. The molecule has 1 heterocycles. The zero-order valence-electron chi connectivity index (χ0n) is 13.0. The molecular formula is C18H29NO. The van der Waals surface area contributed by atoms with Crippen molar-refractivity contribution in [2.45, 2.75) is 52.1 Å². The van der Waals surface area contributed by atoms with Crippen LogP contribution >= 0.6 is 0 Å². The highest BCUT2D eigenvalue weighted by Gasteiger charge is 2.21. The fraction of sp³-hybridized carbons (Fsp3) is 0.667. The van der Waals surface area contributed by atoms with Crippen LogP contribution in [0.1, 0.15) is 43.7 Å². The Balaban J connectivity index is 1.92. The number of hydrogen-bond donors (Lipinski definition) is 1. The van der Waals surface area contributed by atoms with Crippen LogP contribution in [-0.4, -0.2) is 25.8 Å². The number of ether oxygens (including phenoxy) is 1. The van der Waals surface area contributed by atoms with E-state index in [0.717, 1.165) is 19.7 Å². The van der Waals surface area contributed by atoms with Gasteiger partial charge in [0.2, 0.25) is 0 Å². The quantitative estimate of drug-likeness (QED) is 0.730. The second-order valence-electron chi connectivity index (χ2n) is 6.07. The Kier molecular flexibility index (Phi) is 6.55. The molecule has 0 bridgehead atoms. The van der Waals surface area contributed by atoms with Crippen LogP contribution in [-0.2, 0) is 11.2 Å². The van der Waals surface area contributed by atoms with E-state index >= 15 is 0 Å². The summed E-state index contributed by atoms with van der Waals surface area (Å²) in [6.07, 6.45) is 6.56. The first-order valence-electron chi connectivity index (χ1n) is 8.16. The van der Waals surface area contributed by atoms with Crippen LogP contribution in [0.4, 0.5) is 0 Å². The first-order chi connectivity index (χ1) is 9.79. The highest BCUT2D eigenvalue weighted by atomic mass is 16.5. The third-order valence-corrected chi connectivity index (χ3v) is 4.25. The van der Waals surface area contributed by atoms with Crippen molar-refractivity contribution in [3.63, 3.8) is 0 Å². The van der Waals surface area contributed by atoms with E-state index in [9.17, 15) is 0 Å². The van der Waals surface area contributed by atoms with Gasteiger partial charge in [-0.25, -0.2) is 0 Å². The minimum atomic E-state index is 0.493. The van der Waals surface area contributed by atoms with Gasteiger partial charge in [0.05, 0.1) is 6.10 Å². The van der Waals surface area contributed by atoms with E-state index in [-0.39, 0.29) is 0 Å². The van der Waals surface area contributed by atoms with E-state index in [2.05, 4.69) is 43.4 Å². The van der Waals surface area contributed by atoms with Crippen molar-refractivity contribution in [3.8, 4) is 0 Å². The summed E-state index contributed by atoms with van der Waals surface area (Å²) in [6.45, 7) is 7.64. The largest absolute Gasteiger partial charge is 0.378 e. The molecule has 1 aromatic rings. The SMILES string of the molecule is CCCNCC(Cc1ccccc1C)CC1CCCO1. The third kappa shape index (κ3) is 4.92. The van der Waals surface area contributed by atoms with Crippen LogP contribution in [0, 0.1) is 12.8 Å². The molecule has 1 fully saturated rings. The summed E-state index contributed by atoms with van der Waals surface area (Å²) in [5.74, 6) is 0.686. The third-order valence-electron chi connectivity index (χ3n) is 4.25. The molecule has 2 nitrogen and oxygen atoms in total. The zero-order chi connectivity index (χ0) is 14.2. The van der Waals surface area contributed by atoms with Gasteiger partial charge in [-0.3, -0.25) is 0 Å². The second-order valence-corrected chi connectivity index (χ2v) is 6.07. The van der Waals surface area contributed by atoms with Gasteiger partial charge in [0, 0.05) is 6.61 Å². The van der Waals surface area contributed by atoms with E-state index < -0.39 is 0 Å². The van der Waals surface area contributed by atoms with Gasteiger partial charge in [-0.2, -0.15) is 0 Å². The Morgan fingerprint density at radius 3 is 2.90 bits per heavy atom. The smallest absolute Gasteiger partial charge is 0.0579 e. The Labute approximate surface area is 123 Å². The highest BCUT2D eigenvalue weighted by molar-refractivity contribution is 5.26. The molecule has 1 aromatic carbocycles. The summed E-state index contributed by atoms with van der Waals surface area (Å²) in [6, 6.07) is 8.78. The summed E-state index contributed by atoms with van der Waals surface area (Å²) in [5.41, 5.74) is 2.91. The number of aryl methyl sites for hydroxylation is 1. The van der Waals surface area contributed by atoms with Gasteiger partial charge in [-0.05, 0) is 69.2 Å². The average Bonchev–Trinajstić information content (AvgIpc) is 2.94. The predicted molar refractivity (Wildman–Crippen MR) is 85.1 cm³/mol. The van der Waals surface area contributed by atoms with E-state index in [0.29, 0.717) is 12.0 Å². The van der Waals surface area contributed by atoms with Crippen LogP contribution in [0.5, 0.6) is 0 Å². The van der Waals surface area contributed by atoms with Gasteiger partial charge in [0.1, 0.15) is 0 Å². The lowest BCUT2D eigenvalue weighted by Crippen LogP contribution is -2.28. The molecule has 1 saturated heterocycles. The van der Waals surface area contributed by atoms with E-state index in [1.165, 1.54) is 43.2 Å². The Bertz CT molecular complexity index is 385. The fourth-order valence-corrected chi connectivity index (χ4v) is 3.07. The van der Waals surface area contributed by atoms with Gasteiger partial charge in [-0.15, -0.1) is 0 Å². The Morgan fingerprint density at radius 2 is 2.20 bits per heavy atom. The summed E-state index contributed by atoms with van der Waals surface area (Å²) in [7, 11) is 0. The molecule has 0 saturated carbocycles. The molecule has 20 heavy (non-hydrogen) atoms. The standard InChI is InChI=1S/C18H29NO/c1-3-10-19-14-16(13-18-9-6-11-20-18)12-17-8-5-4-7-15(17)2/h4-5,7-8,16,18-19H,3,6,9-14H2,1-2H3. The molecule has 0 spiro atoms. The maximum absolute atomic E-state index is 5.83. The van der Waals surface area contributed by atoms with Crippen LogP contribution in [0.3, 0.4) is 0 Å². The van der Waals surface area contributed by atoms with Gasteiger partial charge in [0.15, 0.2) is 0 Å². The molecule has 2 rings (SSSR count). The molecule has 0 aromatic heterocycles. The Hall–Kier alpha value is -0.860. The fourth-order valence-electron chi connectivity index (χ4n) is 3.07. The normalized spacial score (nSPS) is 20.2. The van der Waals surface area contributed by atoms with Crippen LogP contribution < -0.4 is 5.32 Å². The summed E-state index contributed by atoms with van der Waals surface area (Å²) < 4.78 is 5.83. The summed E-state index contributed by atoms with van der Waals surface area (Å²) >= 11 is 0. The Morgan fingerprint density at radius 1 is 1.35 bits per heavy atom.